The van der Waals surface area contributed by atoms with E-state index >= 15 is 0 Å². The molecule has 0 N–H and O–H groups in total. The number of benzene rings is 1. The van der Waals surface area contributed by atoms with Crippen LogP contribution in [0.4, 0.5) is 13.2 Å². The van der Waals surface area contributed by atoms with Crippen molar-refractivity contribution in [3.8, 4) is 0 Å². The molecule has 0 amide bonds. The Morgan fingerprint density at radius 1 is 1.24 bits per heavy atom. The van der Waals surface area contributed by atoms with Gasteiger partial charge in [-0.05, 0) is 48.7 Å². The van der Waals surface area contributed by atoms with Gasteiger partial charge in [-0.2, -0.15) is 13.2 Å². The number of aryl methyl sites for hydroxylation is 1. The topological polar surface area (TPSA) is 52.0 Å². The molecule has 0 fully saturated rings. The van der Waals surface area contributed by atoms with Gasteiger partial charge in [-0.1, -0.05) is 6.07 Å². The molecule has 25 heavy (non-hydrogen) atoms. The number of thiophene rings is 1. The first-order chi connectivity index (χ1) is 11.7. The van der Waals surface area contributed by atoms with Gasteiger partial charge in [-0.3, -0.25) is 0 Å². The van der Waals surface area contributed by atoms with Gasteiger partial charge in [0.05, 0.1) is 15.9 Å². The molecular formula is C16H13F3N2O2S2. The third-order valence-corrected chi connectivity index (χ3v) is 5.94. The second kappa shape index (κ2) is 6.30. The average Bonchev–Trinajstić information content (AvgIpc) is 3.17. The minimum Gasteiger partial charge on any atom is -0.325 e. The lowest BCUT2D eigenvalue weighted by Crippen LogP contribution is -2.23. The summed E-state index contributed by atoms with van der Waals surface area (Å²) in [5.41, 5.74) is -4.55. The Bertz CT molecular complexity index is 1030. The van der Waals surface area contributed by atoms with Crippen LogP contribution >= 0.6 is 11.3 Å². The van der Waals surface area contributed by atoms with Gasteiger partial charge < -0.3 is 4.57 Å². The monoisotopic (exact) mass is 386 g/mol. The molecule has 3 aromatic rings. The van der Waals surface area contributed by atoms with E-state index in [1.807, 2.05) is 35.1 Å². The third-order valence-electron chi connectivity index (χ3n) is 3.62. The van der Waals surface area contributed by atoms with Gasteiger partial charge >= 0.3 is 5.51 Å². The van der Waals surface area contributed by atoms with Gasteiger partial charge in [0, 0.05) is 11.4 Å². The smallest absolute Gasteiger partial charge is 0.325 e. The maximum atomic E-state index is 12.7. The molecule has 0 saturated heterocycles. The van der Waals surface area contributed by atoms with Crippen LogP contribution in [0.15, 0.2) is 40.6 Å². The minimum atomic E-state index is -5.39. The van der Waals surface area contributed by atoms with E-state index in [9.17, 15) is 21.6 Å². The zero-order valence-electron chi connectivity index (χ0n) is 13.0. The Morgan fingerprint density at radius 3 is 2.60 bits per heavy atom. The second-order valence-electron chi connectivity index (χ2n) is 5.16. The number of alkyl halides is 3. The summed E-state index contributed by atoms with van der Waals surface area (Å²) in [5, 5.41) is 1.93. The fourth-order valence-corrected chi connectivity index (χ4v) is 3.83. The van der Waals surface area contributed by atoms with E-state index < -0.39 is 20.2 Å². The Hall–Kier alpha value is -2.13. The average molecular weight is 386 g/mol. The van der Waals surface area contributed by atoms with E-state index in [1.165, 1.54) is 6.07 Å². The van der Waals surface area contributed by atoms with E-state index in [0.717, 1.165) is 17.0 Å². The lowest BCUT2D eigenvalue weighted by Gasteiger charge is -2.08. The van der Waals surface area contributed by atoms with Gasteiger partial charge in [0.1, 0.15) is 5.82 Å². The predicted molar refractivity (Wildman–Crippen MR) is 91.9 cm³/mol. The summed E-state index contributed by atoms with van der Waals surface area (Å²) >= 11 is 1.54. The van der Waals surface area contributed by atoms with Crippen molar-refractivity contribution in [1.82, 2.24) is 9.55 Å². The summed E-state index contributed by atoms with van der Waals surface area (Å²) in [6.07, 6.45) is 3.61. The highest BCUT2D eigenvalue weighted by Crippen LogP contribution is 2.32. The summed E-state index contributed by atoms with van der Waals surface area (Å²) in [6.45, 7) is 2.43. The number of halogens is 3. The lowest BCUT2D eigenvalue weighted by atomic mass is 10.3. The van der Waals surface area contributed by atoms with Crippen LogP contribution in [0.3, 0.4) is 0 Å². The zero-order chi connectivity index (χ0) is 18.2. The molecule has 0 atom stereocenters. The van der Waals surface area contributed by atoms with Crippen molar-refractivity contribution in [2.24, 2.45) is 0 Å². The van der Waals surface area contributed by atoms with Crippen molar-refractivity contribution >= 4 is 44.4 Å². The van der Waals surface area contributed by atoms with E-state index in [2.05, 4.69) is 4.98 Å². The van der Waals surface area contributed by atoms with E-state index in [0.29, 0.717) is 17.9 Å². The molecule has 132 valence electrons. The largest absolute Gasteiger partial charge is 0.501 e. The molecule has 4 nitrogen and oxygen atoms in total. The number of nitrogens with zero attached hydrogens (tertiary/aromatic N) is 2. The van der Waals surface area contributed by atoms with E-state index in [1.54, 1.807) is 17.4 Å². The van der Waals surface area contributed by atoms with E-state index in [-0.39, 0.29) is 5.52 Å². The van der Waals surface area contributed by atoms with Gasteiger partial charge in [0.25, 0.3) is 9.84 Å². The molecular weight excluding hydrogens is 373 g/mol. The lowest BCUT2D eigenvalue weighted by molar-refractivity contribution is -0.0435. The number of fused-ring (bicyclic) bond motifs is 1. The molecule has 0 aliphatic carbocycles. The van der Waals surface area contributed by atoms with Crippen molar-refractivity contribution in [3.05, 3.63) is 46.4 Å². The molecule has 0 radical (unpaired) electrons. The Kier molecular flexibility index (Phi) is 4.46. The normalized spacial score (nSPS) is 13.1. The molecule has 2 heterocycles. The van der Waals surface area contributed by atoms with Crippen molar-refractivity contribution in [3.63, 3.8) is 0 Å². The molecule has 0 aliphatic heterocycles. The fourth-order valence-electron chi connectivity index (χ4n) is 2.43. The third kappa shape index (κ3) is 3.21. The molecule has 0 unspecified atom stereocenters. The minimum absolute atomic E-state index is 0.206. The van der Waals surface area contributed by atoms with Crippen LogP contribution in [0.5, 0.6) is 0 Å². The zero-order valence-corrected chi connectivity index (χ0v) is 14.6. The van der Waals surface area contributed by atoms with Gasteiger partial charge in [0.2, 0.25) is 0 Å². The highest BCUT2D eigenvalue weighted by molar-refractivity contribution is 7.92. The van der Waals surface area contributed by atoms with Crippen LogP contribution in [-0.2, 0) is 16.4 Å². The molecule has 2 aromatic heterocycles. The first-order valence-corrected chi connectivity index (χ1v) is 9.63. The van der Waals surface area contributed by atoms with Crippen LogP contribution < -0.4 is 0 Å². The van der Waals surface area contributed by atoms with Gasteiger partial charge in [-0.25, -0.2) is 13.4 Å². The Labute approximate surface area is 146 Å². The Balaban J connectivity index is 2.10. The van der Waals surface area contributed by atoms with Crippen molar-refractivity contribution in [2.75, 3.05) is 0 Å². The fraction of sp³-hybridized carbons (Fsp3) is 0.188. The molecule has 3 rings (SSSR count). The predicted octanol–water partition coefficient (Wildman–Crippen LogP) is 4.58. The summed E-state index contributed by atoms with van der Waals surface area (Å²) in [4.78, 5) is 4.49. The second-order valence-corrected chi connectivity index (χ2v) is 8.08. The van der Waals surface area contributed by atoms with Crippen LogP contribution in [0.25, 0.3) is 23.2 Å². The quantitative estimate of drug-likeness (QED) is 0.659. The molecule has 0 spiro atoms. The molecule has 0 bridgehead atoms. The standard InChI is InChI=1S/C16H13F3N2O2S2/c1-2-21-14-7-6-12(25(22,23)16(17,18)19)10-13(14)20-15(21)8-5-11-4-3-9-24-11/h3-10H,2H2,1H3/b8-5+. The van der Waals surface area contributed by atoms with Crippen LogP contribution in [0.1, 0.15) is 17.6 Å². The SMILES string of the molecule is CCn1c(/C=C/c2cccs2)nc2cc(S(=O)(=O)C(F)(F)F)ccc21. The van der Waals surface area contributed by atoms with Crippen LogP contribution in [0.2, 0.25) is 0 Å². The number of hydrogen-bond acceptors (Lipinski definition) is 4. The molecule has 0 saturated carbocycles. The van der Waals surface area contributed by atoms with Crippen molar-refractivity contribution in [2.45, 2.75) is 23.9 Å². The van der Waals surface area contributed by atoms with Crippen LogP contribution in [-0.4, -0.2) is 23.5 Å². The van der Waals surface area contributed by atoms with Crippen molar-refractivity contribution < 1.29 is 21.6 Å². The van der Waals surface area contributed by atoms with Gasteiger partial charge in [-0.15, -0.1) is 11.3 Å². The number of rotatable bonds is 4. The summed E-state index contributed by atoms with van der Waals surface area (Å²) in [7, 11) is -5.39. The number of hydrogen-bond donors (Lipinski definition) is 0. The van der Waals surface area contributed by atoms with Gasteiger partial charge in [0.15, 0.2) is 0 Å². The number of aromatic nitrogens is 2. The maximum Gasteiger partial charge on any atom is 0.501 e. The first kappa shape index (κ1) is 17.7. The molecule has 9 heteroatoms. The number of sulfone groups is 1. The Morgan fingerprint density at radius 2 is 2.00 bits per heavy atom. The van der Waals surface area contributed by atoms with Crippen molar-refractivity contribution in [1.29, 1.82) is 0 Å². The molecule has 1 aromatic carbocycles. The summed E-state index contributed by atoms with van der Waals surface area (Å²) in [6, 6.07) is 7.11. The first-order valence-electron chi connectivity index (χ1n) is 7.27. The highest BCUT2D eigenvalue weighted by atomic mass is 32.2. The molecule has 0 aliphatic rings. The maximum absolute atomic E-state index is 12.7. The highest BCUT2D eigenvalue weighted by Gasteiger charge is 2.47. The van der Waals surface area contributed by atoms with Crippen LogP contribution in [0, 0.1) is 0 Å². The van der Waals surface area contributed by atoms with E-state index in [4.69, 9.17) is 0 Å². The summed E-state index contributed by atoms with van der Waals surface area (Å²) < 4.78 is 63.1. The summed E-state index contributed by atoms with van der Waals surface area (Å²) in [5.74, 6) is 0.549. The number of imidazole rings is 1.